The first-order valence-electron chi connectivity index (χ1n) is 10.8. The van der Waals surface area contributed by atoms with Crippen molar-refractivity contribution in [3.8, 4) is 17.0 Å². The highest BCUT2D eigenvalue weighted by molar-refractivity contribution is 6.07. The number of amides is 1. The summed E-state index contributed by atoms with van der Waals surface area (Å²) >= 11 is 0. The number of phenols is 1. The van der Waals surface area contributed by atoms with Crippen molar-refractivity contribution in [2.24, 2.45) is 11.8 Å². The van der Waals surface area contributed by atoms with Gasteiger partial charge in [0.15, 0.2) is 0 Å². The highest BCUT2D eigenvalue weighted by atomic mass is 16.3. The van der Waals surface area contributed by atoms with Gasteiger partial charge in [0.1, 0.15) is 5.75 Å². The van der Waals surface area contributed by atoms with Gasteiger partial charge < -0.3 is 15.7 Å². The van der Waals surface area contributed by atoms with Crippen LogP contribution in [0.1, 0.15) is 36.0 Å². The van der Waals surface area contributed by atoms with Crippen LogP contribution in [0.2, 0.25) is 0 Å². The molecule has 0 spiro atoms. The van der Waals surface area contributed by atoms with Crippen molar-refractivity contribution in [3.05, 3.63) is 60.2 Å². The summed E-state index contributed by atoms with van der Waals surface area (Å²) in [4.78, 5) is 17.8. The van der Waals surface area contributed by atoms with Crippen molar-refractivity contribution >= 4 is 16.8 Å². The molecule has 0 bridgehead atoms. The minimum atomic E-state index is -0.0500. The molecule has 1 aromatic heterocycles. The van der Waals surface area contributed by atoms with Crippen LogP contribution in [0, 0.1) is 11.8 Å². The van der Waals surface area contributed by atoms with Crippen molar-refractivity contribution in [3.63, 3.8) is 0 Å². The first-order valence-corrected chi connectivity index (χ1v) is 10.8. The molecule has 156 valence electrons. The van der Waals surface area contributed by atoms with Gasteiger partial charge >= 0.3 is 0 Å². The quantitative estimate of drug-likeness (QED) is 0.572. The maximum atomic E-state index is 13.1. The average molecular weight is 404 g/mol. The Hall–Kier alpha value is -2.92. The monoisotopic (exact) mass is 403 g/mol. The molecule has 0 radical (unpaired) electrons. The van der Waals surface area contributed by atoms with Gasteiger partial charge in [0, 0.05) is 17.5 Å². The fourth-order valence-corrected chi connectivity index (χ4v) is 4.40. The third kappa shape index (κ3) is 4.62. The Kier molecular flexibility index (Phi) is 6.29. The number of para-hydroxylation sites is 1. The molecule has 0 atom stereocenters. The molecule has 0 aliphatic heterocycles. The molecule has 4 rings (SSSR count). The largest absolute Gasteiger partial charge is 0.508 e. The Morgan fingerprint density at radius 1 is 1.00 bits per heavy atom. The number of rotatable bonds is 6. The number of benzene rings is 2. The number of hydrogen-bond donors (Lipinski definition) is 3. The van der Waals surface area contributed by atoms with E-state index in [1.165, 1.54) is 25.7 Å². The van der Waals surface area contributed by atoms with E-state index in [0.29, 0.717) is 11.5 Å². The normalized spacial score (nSPS) is 19.0. The molecule has 1 saturated carbocycles. The van der Waals surface area contributed by atoms with Crippen LogP contribution in [0.3, 0.4) is 0 Å². The van der Waals surface area contributed by atoms with Gasteiger partial charge in [0.05, 0.1) is 16.8 Å². The van der Waals surface area contributed by atoms with Crippen molar-refractivity contribution in [2.75, 3.05) is 20.1 Å². The number of aromatic nitrogens is 1. The second-order valence-electron chi connectivity index (χ2n) is 8.27. The average Bonchev–Trinajstić information content (AvgIpc) is 2.78. The van der Waals surface area contributed by atoms with Crippen LogP contribution in [0.25, 0.3) is 22.2 Å². The SMILES string of the molecule is CNCC1CCC(CNC(=O)c2cc(-c3ccc(O)cc3)nc3ccccc23)CC1. The lowest BCUT2D eigenvalue weighted by atomic mass is 9.82. The minimum Gasteiger partial charge on any atom is -0.508 e. The number of carbonyl (C=O) groups excluding carboxylic acids is 1. The molecule has 1 heterocycles. The molecule has 0 unspecified atom stereocenters. The lowest BCUT2D eigenvalue weighted by Crippen LogP contribution is -2.32. The predicted molar refractivity (Wildman–Crippen MR) is 121 cm³/mol. The minimum absolute atomic E-state index is 0.0500. The zero-order chi connectivity index (χ0) is 20.9. The highest BCUT2D eigenvalue weighted by Gasteiger charge is 2.22. The molecular weight excluding hydrogens is 374 g/mol. The summed E-state index contributed by atoms with van der Waals surface area (Å²) in [5.41, 5.74) is 3.04. The van der Waals surface area contributed by atoms with Crippen LogP contribution in [-0.2, 0) is 0 Å². The number of pyridine rings is 1. The van der Waals surface area contributed by atoms with E-state index in [1.807, 2.05) is 49.5 Å². The van der Waals surface area contributed by atoms with Crippen LogP contribution in [0.4, 0.5) is 0 Å². The van der Waals surface area contributed by atoms with Gasteiger partial charge in [-0.1, -0.05) is 18.2 Å². The first-order chi connectivity index (χ1) is 14.6. The van der Waals surface area contributed by atoms with Gasteiger partial charge in [-0.3, -0.25) is 4.79 Å². The first kappa shape index (κ1) is 20.4. The van der Waals surface area contributed by atoms with E-state index in [1.54, 1.807) is 12.1 Å². The van der Waals surface area contributed by atoms with E-state index in [9.17, 15) is 9.90 Å². The van der Waals surface area contributed by atoms with Gasteiger partial charge in [-0.15, -0.1) is 0 Å². The summed E-state index contributed by atoms with van der Waals surface area (Å²) in [6.07, 6.45) is 4.79. The topological polar surface area (TPSA) is 74.2 Å². The maximum absolute atomic E-state index is 13.1. The Balaban J connectivity index is 1.52. The lowest BCUT2D eigenvalue weighted by molar-refractivity contribution is 0.0943. The van der Waals surface area contributed by atoms with Crippen molar-refractivity contribution < 1.29 is 9.90 Å². The smallest absolute Gasteiger partial charge is 0.252 e. The molecule has 2 aromatic carbocycles. The number of hydrogen-bond acceptors (Lipinski definition) is 4. The molecule has 1 amide bonds. The molecule has 1 aliphatic rings. The second kappa shape index (κ2) is 9.26. The third-order valence-electron chi connectivity index (χ3n) is 6.13. The molecule has 5 heteroatoms. The number of aromatic hydroxyl groups is 1. The fourth-order valence-electron chi connectivity index (χ4n) is 4.40. The summed E-state index contributed by atoms with van der Waals surface area (Å²) in [5.74, 6) is 1.47. The van der Waals surface area contributed by atoms with Crippen molar-refractivity contribution in [1.82, 2.24) is 15.6 Å². The van der Waals surface area contributed by atoms with Crippen molar-refractivity contribution in [1.29, 1.82) is 0 Å². The summed E-state index contributed by atoms with van der Waals surface area (Å²) in [6.45, 7) is 1.80. The Morgan fingerprint density at radius 3 is 2.37 bits per heavy atom. The summed E-state index contributed by atoms with van der Waals surface area (Å²) in [7, 11) is 2.01. The number of fused-ring (bicyclic) bond motifs is 1. The molecule has 1 fully saturated rings. The zero-order valence-electron chi connectivity index (χ0n) is 17.4. The number of nitrogens with one attached hydrogen (secondary N) is 2. The molecule has 3 N–H and O–H groups in total. The van der Waals surface area contributed by atoms with E-state index in [2.05, 4.69) is 10.6 Å². The molecule has 30 heavy (non-hydrogen) atoms. The third-order valence-corrected chi connectivity index (χ3v) is 6.13. The Bertz CT molecular complexity index is 1010. The molecule has 0 saturated heterocycles. The standard InChI is InChI=1S/C25H29N3O2/c1-26-15-17-6-8-18(9-7-17)16-27-25(30)22-14-24(19-10-12-20(29)13-11-19)28-23-5-3-2-4-21(22)23/h2-5,10-14,17-18,26,29H,6-9,15-16H2,1H3,(H,27,30). The zero-order valence-corrected chi connectivity index (χ0v) is 17.4. The number of carbonyl (C=O) groups is 1. The molecule has 3 aromatic rings. The lowest BCUT2D eigenvalue weighted by Gasteiger charge is -2.28. The predicted octanol–water partition coefficient (Wildman–Crippen LogP) is 4.36. The number of nitrogens with zero attached hydrogens (tertiary/aromatic N) is 1. The summed E-state index contributed by atoms with van der Waals surface area (Å²) in [5, 5.41) is 16.9. The summed E-state index contributed by atoms with van der Waals surface area (Å²) in [6, 6.07) is 16.5. The van der Waals surface area contributed by atoms with Gasteiger partial charge in [0.25, 0.3) is 5.91 Å². The summed E-state index contributed by atoms with van der Waals surface area (Å²) < 4.78 is 0. The Labute approximate surface area is 177 Å². The van der Waals surface area contributed by atoms with Crippen LogP contribution < -0.4 is 10.6 Å². The maximum Gasteiger partial charge on any atom is 0.252 e. The molecular formula is C25H29N3O2. The molecule has 5 nitrogen and oxygen atoms in total. The van der Waals surface area contributed by atoms with Gasteiger partial charge in [-0.2, -0.15) is 0 Å². The van der Waals surface area contributed by atoms with E-state index < -0.39 is 0 Å². The Morgan fingerprint density at radius 2 is 1.67 bits per heavy atom. The fraction of sp³-hybridized carbons (Fsp3) is 0.360. The van der Waals surface area contributed by atoms with Crippen LogP contribution >= 0.6 is 0 Å². The van der Waals surface area contributed by atoms with Gasteiger partial charge in [-0.05, 0) is 87.5 Å². The van der Waals surface area contributed by atoms with Crippen LogP contribution in [-0.4, -0.2) is 36.1 Å². The van der Waals surface area contributed by atoms with E-state index >= 15 is 0 Å². The van der Waals surface area contributed by atoms with Gasteiger partial charge in [-0.25, -0.2) is 4.98 Å². The van der Waals surface area contributed by atoms with E-state index in [4.69, 9.17) is 4.98 Å². The van der Waals surface area contributed by atoms with Gasteiger partial charge in [0.2, 0.25) is 0 Å². The van der Waals surface area contributed by atoms with Crippen LogP contribution in [0.15, 0.2) is 54.6 Å². The highest BCUT2D eigenvalue weighted by Crippen LogP contribution is 2.29. The van der Waals surface area contributed by atoms with E-state index in [-0.39, 0.29) is 11.7 Å². The number of phenolic OH excluding ortho intramolecular Hbond substituents is 1. The molecule has 1 aliphatic carbocycles. The van der Waals surface area contributed by atoms with Crippen molar-refractivity contribution in [2.45, 2.75) is 25.7 Å². The van der Waals surface area contributed by atoms with E-state index in [0.717, 1.165) is 41.2 Å². The van der Waals surface area contributed by atoms with Crippen LogP contribution in [0.5, 0.6) is 5.75 Å². The second-order valence-corrected chi connectivity index (χ2v) is 8.27.